The number of rotatable bonds is 2. The highest BCUT2D eigenvalue weighted by Gasteiger charge is 2.17. The predicted molar refractivity (Wildman–Crippen MR) is 70.7 cm³/mol. The van der Waals surface area contributed by atoms with Crippen LogP contribution in [0.1, 0.15) is 16.8 Å². The molecule has 0 unspecified atom stereocenters. The lowest BCUT2D eigenvalue weighted by Gasteiger charge is -2.27. The summed E-state index contributed by atoms with van der Waals surface area (Å²) >= 11 is 0. The van der Waals surface area contributed by atoms with Crippen LogP contribution in [0.15, 0.2) is 36.8 Å². The molecule has 3 rings (SSSR count). The first kappa shape index (κ1) is 11.2. The van der Waals surface area contributed by atoms with Gasteiger partial charge in [0.2, 0.25) is 0 Å². The van der Waals surface area contributed by atoms with E-state index in [0.717, 1.165) is 37.4 Å². The van der Waals surface area contributed by atoms with Crippen molar-refractivity contribution in [2.24, 2.45) is 0 Å². The second-order valence-corrected chi connectivity index (χ2v) is 4.70. The molecule has 2 heterocycles. The SMILES string of the molecule is Nc1cccc(CN2CCc3cncnc3C2)c1. The fourth-order valence-electron chi connectivity index (χ4n) is 2.39. The van der Waals surface area contributed by atoms with E-state index in [9.17, 15) is 0 Å². The number of anilines is 1. The molecule has 2 aromatic rings. The normalized spacial score (nSPS) is 15.3. The molecule has 1 aliphatic rings. The molecule has 4 heteroatoms. The van der Waals surface area contributed by atoms with Gasteiger partial charge in [0, 0.05) is 31.5 Å². The van der Waals surface area contributed by atoms with Crippen molar-refractivity contribution in [2.75, 3.05) is 12.3 Å². The molecule has 1 aliphatic heterocycles. The Morgan fingerprint density at radius 3 is 3.17 bits per heavy atom. The molecule has 0 spiro atoms. The zero-order valence-corrected chi connectivity index (χ0v) is 10.2. The maximum atomic E-state index is 5.80. The average Bonchev–Trinajstić information content (AvgIpc) is 2.39. The van der Waals surface area contributed by atoms with E-state index in [4.69, 9.17) is 5.73 Å². The van der Waals surface area contributed by atoms with Crippen molar-refractivity contribution < 1.29 is 0 Å². The van der Waals surface area contributed by atoms with Crippen LogP contribution in [0, 0.1) is 0 Å². The van der Waals surface area contributed by atoms with E-state index in [-0.39, 0.29) is 0 Å². The van der Waals surface area contributed by atoms with Crippen molar-refractivity contribution in [1.82, 2.24) is 14.9 Å². The summed E-state index contributed by atoms with van der Waals surface area (Å²) in [5.41, 5.74) is 10.3. The van der Waals surface area contributed by atoms with Gasteiger partial charge in [0.05, 0.1) is 5.69 Å². The molecular formula is C14H16N4. The second kappa shape index (κ2) is 4.74. The summed E-state index contributed by atoms with van der Waals surface area (Å²) in [6, 6.07) is 8.08. The molecular weight excluding hydrogens is 224 g/mol. The molecule has 1 aromatic carbocycles. The number of nitrogens with two attached hydrogens (primary N) is 1. The number of nitrogens with zero attached hydrogens (tertiary/aromatic N) is 3. The number of hydrogen-bond acceptors (Lipinski definition) is 4. The van der Waals surface area contributed by atoms with Gasteiger partial charge < -0.3 is 5.73 Å². The van der Waals surface area contributed by atoms with E-state index in [2.05, 4.69) is 20.9 Å². The predicted octanol–water partition coefficient (Wildman–Crippen LogP) is 1.62. The zero-order valence-electron chi connectivity index (χ0n) is 10.2. The molecule has 0 radical (unpaired) electrons. The number of fused-ring (bicyclic) bond motifs is 1. The lowest BCUT2D eigenvalue weighted by Crippen LogP contribution is -2.30. The third-order valence-electron chi connectivity index (χ3n) is 3.31. The van der Waals surface area contributed by atoms with Gasteiger partial charge in [-0.3, -0.25) is 4.90 Å². The number of benzene rings is 1. The smallest absolute Gasteiger partial charge is 0.115 e. The fraction of sp³-hybridized carbons (Fsp3) is 0.286. The third-order valence-corrected chi connectivity index (χ3v) is 3.31. The van der Waals surface area contributed by atoms with Crippen molar-refractivity contribution in [1.29, 1.82) is 0 Å². The largest absolute Gasteiger partial charge is 0.399 e. The summed E-state index contributed by atoms with van der Waals surface area (Å²) in [5, 5.41) is 0. The molecule has 0 saturated heterocycles. The quantitative estimate of drug-likeness (QED) is 0.810. The molecule has 0 saturated carbocycles. The Bertz CT molecular complexity index is 553. The maximum absolute atomic E-state index is 5.80. The molecule has 0 aliphatic carbocycles. The third kappa shape index (κ3) is 2.33. The Hall–Kier alpha value is -1.94. The van der Waals surface area contributed by atoms with Gasteiger partial charge in [0.25, 0.3) is 0 Å². The Balaban J connectivity index is 1.73. The van der Waals surface area contributed by atoms with Crippen LogP contribution in [-0.2, 0) is 19.5 Å². The molecule has 4 nitrogen and oxygen atoms in total. The highest BCUT2D eigenvalue weighted by Crippen LogP contribution is 2.18. The van der Waals surface area contributed by atoms with Crippen molar-refractivity contribution in [3.05, 3.63) is 53.6 Å². The number of nitrogen functional groups attached to an aromatic ring is 1. The van der Waals surface area contributed by atoms with Gasteiger partial charge in [-0.2, -0.15) is 0 Å². The first-order chi connectivity index (χ1) is 8.81. The highest BCUT2D eigenvalue weighted by atomic mass is 15.1. The molecule has 1 aromatic heterocycles. The fourth-order valence-corrected chi connectivity index (χ4v) is 2.39. The molecule has 92 valence electrons. The minimum atomic E-state index is 0.826. The first-order valence-corrected chi connectivity index (χ1v) is 6.16. The van der Waals surface area contributed by atoms with Gasteiger partial charge in [-0.15, -0.1) is 0 Å². The van der Waals surface area contributed by atoms with Gasteiger partial charge in [-0.05, 0) is 29.7 Å². The van der Waals surface area contributed by atoms with Gasteiger partial charge in [0.15, 0.2) is 0 Å². The molecule has 0 amide bonds. The van der Waals surface area contributed by atoms with Gasteiger partial charge in [-0.1, -0.05) is 12.1 Å². The lowest BCUT2D eigenvalue weighted by atomic mass is 10.1. The summed E-state index contributed by atoms with van der Waals surface area (Å²) in [6.07, 6.45) is 4.58. The Labute approximate surface area is 106 Å². The monoisotopic (exact) mass is 240 g/mol. The van der Waals surface area contributed by atoms with Crippen molar-refractivity contribution in [3.8, 4) is 0 Å². The summed E-state index contributed by atoms with van der Waals surface area (Å²) in [6.45, 7) is 2.87. The molecule has 18 heavy (non-hydrogen) atoms. The lowest BCUT2D eigenvalue weighted by molar-refractivity contribution is 0.241. The Morgan fingerprint density at radius 1 is 1.33 bits per heavy atom. The second-order valence-electron chi connectivity index (χ2n) is 4.70. The average molecular weight is 240 g/mol. The summed E-state index contributed by atoms with van der Waals surface area (Å²) in [5.74, 6) is 0. The van der Waals surface area contributed by atoms with Crippen molar-refractivity contribution >= 4 is 5.69 Å². The van der Waals surface area contributed by atoms with Crippen LogP contribution in [0.4, 0.5) is 5.69 Å². The van der Waals surface area contributed by atoms with E-state index >= 15 is 0 Å². The molecule has 0 fully saturated rings. The molecule has 2 N–H and O–H groups in total. The highest BCUT2D eigenvalue weighted by molar-refractivity contribution is 5.40. The topological polar surface area (TPSA) is 55.0 Å². The standard InChI is InChI=1S/C14H16N4/c15-13-3-1-2-11(6-13)8-18-5-4-12-7-16-10-17-14(12)9-18/h1-3,6-7,10H,4-5,8-9,15H2. The summed E-state index contributed by atoms with van der Waals surface area (Å²) < 4.78 is 0. The molecule has 0 bridgehead atoms. The van der Waals surface area contributed by atoms with Crippen LogP contribution in [0.2, 0.25) is 0 Å². The summed E-state index contributed by atoms with van der Waals surface area (Å²) in [4.78, 5) is 10.8. The van der Waals surface area contributed by atoms with Crippen LogP contribution in [-0.4, -0.2) is 21.4 Å². The minimum Gasteiger partial charge on any atom is -0.399 e. The van der Waals surface area contributed by atoms with Crippen molar-refractivity contribution in [2.45, 2.75) is 19.5 Å². The van der Waals surface area contributed by atoms with E-state index < -0.39 is 0 Å². The van der Waals surface area contributed by atoms with E-state index in [0.29, 0.717) is 0 Å². The van der Waals surface area contributed by atoms with Crippen LogP contribution in [0.5, 0.6) is 0 Å². The van der Waals surface area contributed by atoms with Gasteiger partial charge in [-0.25, -0.2) is 9.97 Å². The van der Waals surface area contributed by atoms with E-state index in [1.807, 2.05) is 24.4 Å². The minimum absolute atomic E-state index is 0.826. The first-order valence-electron chi connectivity index (χ1n) is 6.16. The number of aromatic nitrogens is 2. The van der Waals surface area contributed by atoms with Gasteiger partial charge in [0.1, 0.15) is 6.33 Å². The summed E-state index contributed by atoms with van der Waals surface area (Å²) in [7, 11) is 0. The van der Waals surface area contributed by atoms with Crippen molar-refractivity contribution in [3.63, 3.8) is 0 Å². The maximum Gasteiger partial charge on any atom is 0.115 e. The Kier molecular flexibility index (Phi) is 2.94. The van der Waals surface area contributed by atoms with E-state index in [1.54, 1.807) is 6.33 Å². The van der Waals surface area contributed by atoms with E-state index in [1.165, 1.54) is 11.1 Å². The van der Waals surface area contributed by atoms with Gasteiger partial charge >= 0.3 is 0 Å². The van der Waals surface area contributed by atoms with Crippen LogP contribution in [0.25, 0.3) is 0 Å². The number of hydrogen-bond donors (Lipinski definition) is 1. The molecule has 0 atom stereocenters. The zero-order chi connectivity index (χ0) is 12.4. The van der Waals surface area contributed by atoms with Crippen LogP contribution < -0.4 is 5.73 Å². The van der Waals surface area contributed by atoms with Crippen LogP contribution in [0.3, 0.4) is 0 Å². The van der Waals surface area contributed by atoms with Crippen LogP contribution >= 0.6 is 0 Å². The Morgan fingerprint density at radius 2 is 2.28 bits per heavy atom.